The van der Waals surface area contributed by atoms with E-state index in [0.717, 1.165) is 5.56 Å². The van der Waals surface area contributed by atoms with Gasteiger partial charge in [0.2, 0.25) is 15.9 Å². The van der Waals surface area contributed by atoms with Crippen LogP contribution in [0.1, 0.15) is 18.1 Å². The highest BCUT2D eigenvalue weighted by molar-refractivity contribution is 7.89. The summed E-state index contributed by atoms with van der Waals surface area (Å²) in [6.07, 6.45) is 0. The molecule has 0 atom stereocenters. The first-order valence-corrected chi connectivity index (χ1v) is 10.1. The second kappa shape index (κ2) is 8.54. The molecule has 0 heterocycles. The maximum Gasteiger partial charge on any atom is 0.243 e. The number of nitrogens with zero attached hydrogens (tertiary/aromatic N) is 2. The van der Waals surface area contributed by atoms with Crippen molar-refractivity contribution in [3.8, 4) is 5.75 Å². The van der Waals surface area contributed by atoms with Gasteiger partial charge in [-0.3, -0.25) is 4.79 Å². The Labute approximate surface area is 161 Å². The first-order valence-electron chi connectivity index (χ1n) is 8.68. The Bertz CT molecular complexity index is 908. The second-order valence-corrected chi connectivity index (χ2v) is 8.26. The van der Waals surface area contributed by atoms with E-state index in [1.807, 2.05) is 13.0 Å². The summed E-state index contributed by atoms with van der Waals surface area (Å²) in [5.74, 6) is 0.378. The molecule has 0 aliphatic carbocycles. The van der Waals surface area contributed by atoms with Gasteiger partial charge >= 0.3 is 0 Å². The van der Waals surface area contributed by atoms with Crippen LogP contribution in [-0.2, 0) is 14.8 Å². The SMILES string of the molecule is CCN(CC(=O)N(C)c1ccc(OC)cc1)S(=O)(=O)c1cc(C)ccc1C. The first-order chi connectivity index (χ1) is 12.7. The number of benzene rings is 2. The van der Waals surface area contributed by atoms with E-state index in [1.165, 1.54) is 9.21 Å². The third-order valence-electron chi connectivity index (χ3n) is 4.46. The summed E-state index contributed by atoms with van der Waals surface area (Å²) in [5.41, 5.74) is 2.19. The zero-order chi connectivity index (χ0) is 20.2. The van der Waals surface area contributed by atoms with Crippen LogP contribution in [0, 0.1) is 13.8 Å². The topological polar surface area (TPSA) is 66.9 Å². The third-order valence-corrected chi connectivity index (χ3v) is 6.52. The molecular formula is C20H26N2O4S. The van der Waals surface area contributed by atoms with Crippen LogP contribution in [0.15, 0.2) is 47.4 Å². The maximum atomic E-state index is 13.1. The van der Waals surface area contributed by atoms with Gasteiger partial charge < -0.3 is 9.64 Å². The lowest BCUT2D eigenvalue weighted by Gasteiger charge is -2.24. The van der Waals surface area contributed by atoms with Gasteiger partial charge in [0.15, 0.2) is 0 Å². The fourth-order valence-corrected chi connectivity index (χ4v) is 4.41. The monoisotopic (exact) mass is 390 g/mol. The first kappa shape index (κ1) is 20.9. The Morgan fingerprint density at radius 1 is 1.07 bits per heavy atom. The molecule has 2 aromatic carbocycles. The number of methoxy groups -OCH3 is 1. The molecule has 0 spiro atoms. The number of carbonyl (C=O) groups is 1. The molecule has 0 saturated carbocycles. The molecule has 6 nitrogen and oxygen atoms in total. The fraction of sp³-hybridized carbons (Fsp3) is 0.350. The number of hydrogen-bond acceptors (Lipinski definition) is 4. The van der Waals surface area contributed by atoms with E-state index in [9.17, 15) is 13.2 Å². The molecule has 0 aliphatic heterocycles. The average Bonchev–Trinajstić information content (AvgIpc) is 2.66. The van der Waals surface area contributed by atoms with Crippen LogP contribution in [0.2, 0.25) is 0 Å². The van der Waals surface area contributed by atoms with E-state index in [-0.39, 0.29) is 23.9 Å². The van der Waals surface area contributed by atoms with Crippen LogP contribution in [-0.4, -0.2) is 45.9 Å². The quantitative estimate of drug-likeness (QED) is 0.729. The average molecular weight is 391 g/mol. The van der Waals surface area contributed by atoms with Gasteiger partial charge in [-0.15, -0.1) is 0 Å². The number of rotatable bonds is 7. The molecule has 0 unspecified atom stereocenters. The van der Waals surface area contributed by atoms with Crippen molar-refractivity contribution in [3.63, 3.8) is 0 Å². The molecular weight excluding hydrogens is 364 g/mol. The molecule has 0 fully saturated rings. The molecule has 1 amide bonds. The highest BCUT2D eigenvalue weighted by Gasteiger charge is 2.28. The largest absolute Gasteiger partial charge is 0.497 e. The van der Waals surface area contributed by atoms with Gasteiger partial charge in [0.1, 0.15) is 5.75 Å². The predicted octanol–water partition coefficient (Wildman–Crippen LogP) is 2.99. The molecule has 0 aromatic heterocycles. The Kier molecular flexibility index (Phi) is 6.62. The summed E-state index contributed by atoms with van der Waals surface area (Å²) in [7, 11) is -0.562. The minimum atomic E-state index is -3.76. The van der Waals surface area contributed by atoms with Crippen LogP contribution < -0.4 is 9.64 Å². The minimum absolute atomic E-state index is 0.206. The Morgan fingerprint density at radius 3 is 2.26 bits per heavy atom. The molecule has 0 aliphatic rings. The number of aryl methyl sites for hydroxylation is 2. The highest BCUT2D eigenvalue weighted by atomic mass is 32.2. The van der Waals surface area contributed by atoms with E-state index in [4.69, 9.17) is 4.74 Å². The van der Waals surface area contributed by atoms with Crippen molar-refractivity contribution in [2.75, 3.05) is 32.1 Å². The minimum Gasteiger partial charge on any atom is -0.497 e. The molecule has 2 rings (SSSR count). The summed E-state index contributed by atoms with van der Waals surface area (Å²) < 4.78 is 32.4. The molecule has 2 aromatic rings. The van der Waals surface area contributed by atoms with Gasteiger partial charge in [-0.05, 0) is 55.3 Å². The molecule has 146 valence electrons. The van der Waals surface area contributed by atoms with Crippen LogP contribution in [0.4, 0.5) is 5.69 Å². The number of carbonyl (C=O) groups excluding carboxylic acids is 1. The van der Waals surface area contributed by atoms with Crippen molar-refractivity contribution >= 4 is 21.6 Å². The Balaban J connectivity index is 2.24. The summed E-state index contributed by atoms with van der Waals surface area (Å²) in [5, 5.41) is 0. The van der Waals surface area contributed by atoms with Crippen LogP contribution >= 0.6 is 0 Å². The van der Waals surface area contributed by atoms with E-state index in [1.54, 1.807) is 64.4 Å². The lowest BCUT2D eigenvalue weighted by Crippen LogP contribution is -2.41. The highest BCUT2D eigenvalue weighted by Crippen LogP contribution is 2.22. The zero-order valence-electron chi connectivity index (χ0n) is 16.4. The fourth-order valence-electron chi connectivity index (χ4n) is 2.70. The predicted molar refractivity (Wildman–Crippen MR) is 107 cm³/mol. The Morgan fingerprint density at radius 2 is 1.70 bits per heavy atom. The number of anilines is 1. The molecule has 0 saturated heterocycles. The van der Waals surface area contributed by atoms with Crippen LogP contribution in [0.5, 0.6) is 5.75 Å². The Hall–Kier alpha value is -2.38. The number of hydrogen-bond donors (Lipinski definition) is 0. The third kappa shape index (κ3) is 4.67. The smallest absolute Gasteiger partial charge is 0.243 e. The van der Waals surface area contributed by atoms with Gasteiger partial charge in [0, 0.05) is 19.3 Å². The van der Waals surface area contributed by atoms with Crippen molar-refractivity contribution in [1.82, 2.24) is 4.31 Å². The summed E-state index contributed by atoms with van der Waals surface area (Å²) in [6.45, 7) is 5.30. The lowest BCUT2D eigenvalue weighted by molar-refractivity contribution is -0.118. The maximum absolute atomic E-state index is 13.1. The second-order valence-electron chi connectivity index (χ2n) is 6.35. The molecule has 0 radical (unpaired) electrons. The number of amides is 1. The van der Waals surface area contributed by atoms with Crippen molar-refractivity contribution in [3.05, 3.63) is 53.6 Å². The van der Waals surface area contributed by atoms with Gasteiger partial charge in [-0.2, -0.15) is 4.31 Å². The van der Waals surface area contributed by atoms with E-state index < -0.39 is 10.0 Å². The standard InChI is InChI=1S/C20H26N2O4S/c1-6-22(27(24,25)19-13-15(2)7-8-16(19)3)14-20(23)21(4)17-9-11-18(26-5)12-10-17/h7-13H,6,14H2,1-5H3. The van der Waals surface area contributed by atoms with E-state index >= 15 is 0 Å². The number of sulfonamides is 1. The van der Waals surface area contributed by atoms with Crippen molar-refractivity contribution in [1.29, 1.82) is 0 Å². The van der Waals surface area contributed by atoms with Crippen molar-refractivity contribution in [2.45, 2.75) is 25.7 Å². The van der Waals surface area contributed by atoms with Crippen molar-refractivity contribution in [2.24, 2.45) is 0 Å². The van der Waals surface area contributed by atoms with Gasteiger partial charge in [-0.1, -0.05) is 19.1 Å². The number of ether oxygens (including phenoxy) is 1. The summed E-state index contributed by atoms with van der Waals surface area (Å²) >= 11 is 0. The van der Waals surface area contributed by atoms with Gasteiger partial charge in [0.25, 0.3) is 0 Å². The zero-order valence-corrected chi connectivity index (χ0v) is 17.2. The summed E-state index contributed by atoms with van der Waals surface area (Å²) in [6, 6.07) is 12.3. The molecule has 0 bridgehead atoms. The lowest BCUT2D eigenvalue weighted by atomic mass is 10.2. The van der Waals surface area contributed by atoms with E-state index in [2.05, 4.69) is 0 Å². The molecule has 7 heteroatoms. The van der Waals surface area contributed by atoms with Crippen LogP contribution in [0.25, 0.3) is 0 Å². The van der Waals surface area contributed by atoms with Crippen LogP contribution in [0.3, 0.4) is 0 Å². The summed E-state index contributed by atoms with van der Waals surface area (Å²) in [4.78, 5) is 14.4. The van der Waals surface area contributed by atoms with Crippen molar-refractivity contribution < 1.29 is 17.9 Å². The normalized spacial score (nSPS) is 11.5. The van der Waals surface area contributed by atoms with Gasteiger partial charge in [0.05, 0.1) is 18.6 Å². The molecule has 0 N–H and O–H groups in total. The number of likely N-dealkylation sites (N-methyl/N-ethyl adjacent to an activating group) is 2. The molecule has 27 heavy (non-hydrogen) atoms. The van der Waals surface area contributed by atoms with E-state index in [0.29, 0.717) is 17.0 Å². The van der Waals surface area contributed by atoms with Gasteiger partial charge in [-0.25, -0.2) is 8.42 Å².